The maximum absolute atomic E-state index is 9.44. The normalized spacial score (nSPS) is 8.77. The lowest BCUT2D eigenvalue weighted by molar-refractivity contribution is 0.407. The Labute approximate surface area is 83.0 Å². The number of benzene rings is 1. The molecule has 0 radical (unpaired) electrons. The molecule has 0 saturated carbocycles. The highest BCUT2D eigenvalue weighted by Gasteiger charge is 1.98. The van der Waals surface area contributed by atoms with Crippen LogP contribution in [0.3, 0.4) is 0 Å². The lowest BCUT2D eigenvalue weighted by atomic mass is 10.2. The zero-order valence-corrected chi connectivity index (χ0v) is 8.14. The first-order chi connectivity index (χ1) is 6.27. The first-order valence-electron chi connectivity index (χ1n) is 3.74. The minimum Gasteiger partial charge on any atom is -0.507 e. The summed E-state index contributed by atoms with van der Waals surface area (Å²) in [6, 6.07) is 5.00. The largest absolute Gasteiger partial charge is 0.507 e. The Bertz CT molecular complexity index is 350. The number of phenols is 1. The van der Waals surface area contributed by atoms with Crippen LogP contribution in [0.2, 0.25) is 0 Å². The molecule has 0 unspecified atom stereocenters. The lowest BCUT2D eigenvalue weighted by Crippen LogP contribution is -1.83. The van der Waals surface area contributed by atoms with Gasteiger partial charge in [0.15, 0.2) is 0 Å². The molecule has 68 valence electrons. The number of ether oxygens (including phenoxy) is 1. The number of thiol groups is 1. The van der Waals surface area contributed by atoms with Gasteiger partial charge in [-0.15, -0.1) is 0 Å². The van der Waals surface area contributed by atoms with Crippen LogP contribution >= 0.6 is 12.6 Å². The highest BCUT2D eigenvalue weighted by molar-refractivity contribution is 7.80. The average Bonchev–Trinajstić information content (AvgIpc) is 2.16. The van der Waals surface area contributed by atoms with E-state index < -0.39 is 0 Å². The van der Waals surface area contributed by atoms with Gasteiger partial charge in [-0.2, -0.15) is 12.6 Å². The van der Waals surface area contributed by atoms with Gasteiger partial charge in [-0.25, -0.2) is 0 Å². The van der Waals surface area contributed by atoms with Crippen LogP contribution in [0.15, 0.2) is 18.2 Å². The molecule has 0 spiro atoms. The predicted molar refractivity (Wildman–Crippen MR) is 55.4 cm³/mol. The van der Waals surface area contributed by atoms with Gasteiger partial charge in [0, 0.05) is 6.07 Å². The van der Waals surface area contributed by atoms with E-state index in [1.807, 2.05) is 0 Å². The topological polar surface area (TPSA) is 29.5 Å². The SMILES string of the molecule is COc1ccc(C#CCS)c(O)c1. The van der Waals surface area contributed by atoms with Crippen LogP contribution in [-0.4, -0.2) is 18.0 Å². The molecule has 0 aliphatic rings. The molecule has 0 saturated heterocycles. The number of hydrogen-bond acceptors (Lipinski definition) is 3. The van der Waals surface area contributed by atoms with E-state index in [0.717, 1.165) is 0 Å². The Morgan fingerprint density at radius 3 is 2.85 bits per heavy atom. The van der Waals surface area contributed by atoms with Gasteiger partial charge in [-0.05, 0) is 12.1 Å². The summed E-state index contributed by atoms with van der Waals surface area (Å²) in [4.78, 5) is 0. The van der Waals surface area contributed by atoms with Crippen molar-refractivity contribution in [3.63, 3.8) is 0 Å². The number of phenolic OH excluding ortho intramolecular Hbond substituents is 1. The van der Waals surface area contributed by atoms with E-state index in [1.165, 1.54) is 6.07 Å². The molecule has 0 amide bonds. The third-order valence-corrected chi connectivity index (χ3v) is 1.67. The van der Waals surface area contributed by atoms with Crippen molar-refractivity contribution in [1.82, 2.24) is 0 Å². The predicted octanol–water partition coefficient (Wildman–Crippen LogP) is 1.68. The second kappa shape index (κ2) is 4.68. The molecule has 3 heteroatoms. The Hall–Kier alpha value is -1.27. The molecule has 1 aromatic carbocycles. The minimum atomic E-state index is 0.133. The smallest absolute Gasteiger partial charge is 0.134 e. The molecule has 0 bridgehead atoms. The van der Waals surface area contributed by atoms with Gasteiger partial charge in [0.2, 0.25) is 0 Å². The van der Waals surface area contributed by atoms with Crippen molar-refractivity contribution in [2.75, 3.05) is 12.9 Å². The molecule has 0 heterocycles. The quantitative estimate of drug-likeness (QED) is 0.526. The van der Waals surface area contributed by atoms with E-state index in [4.69, 9.17) is 4.74 Å². The van der Waals surface area contributed by atoms with Crippen molar-refractivity contribution in [3.8, 4) is 23.3 Å². The molecule has 13 heavy (non-hydrogen) atoms. The van der Waals surface area contributed by atoms with Crippen LogP contribution in [0.1, 0.15) is 5.56 Å². The van der Waals surface area contributed by atoms with E-state index >= 15 is 0 Å². The zero-order valence-electron chi connectivity index (χ0n) is 7.24. The summed E-state index contributed by atoms with van der Waals surface area (Å²) in [5.74, 6) is 6.77. The van der Waals surface area contributed by atoms with Gasteiger partial charge < -0.3 is 9.84 Å². The fraction of sp³-hybridized carbons (Fsp3) is 0.200. The molecular weight excluding hydrogens is 184 g/mol. The minimum absolute atomic E-state index is 0.133. The number of rotatable bonds is 1. The maximum Gasteiger partial charge on any atom is 0.134 e. The highest BCUT2D eigenvalue weighted by atomic mass is 32.1. The molecule has 1 N–H and O–H groups in total. The molecule has 0 fully saturated rings. The standard InChI is InChI=1S/C10H10O2S/c1-12-9-5-4-8(3-2-6-13)10(11)7-9/h4-5,7,11,13H,6H2,1H3. The van der Waals surface area contributed by atoms with Crippen molar-refractivity contribution in [2.24, 2.45) is 0 Å². The molecule has 0 aromatic heterocycles. The summed E-state index contributed by atoms with van der Waals surface area (Å²) in [5, 5.41) is 9.44. The van der Waals surface area contributed by atoms with Crippen LogP contribution in [-0.2, 0) is 0 Å². The summed E-state index contributed by atoms with van der Waals surface area (Å²) in [7, 11) is 1.55. The van der Waals surface area contributed by atoms with Crippen molar-refractivity contribution < 1.29 is 9.84 Å². The van der Waals surface area contributed by atoms with Gasteiger partial charge in [0.1, 0.15) is 11.5 Å². The van der Waals surface area contributed by atoms with E-state index in [2.05, 4.69) is 24.5 Å². The number of aromatic hydroxyl groups is 1. The number of methoxy groups -OCH3 is 1. The molecule has 0 aliphatic carbocycles. The van der Waals surface area contributed by atoms with Crippen LogP contribution < -0.4 is 4.74 Å². The molecule has 0 atom stereocenters. The summed E-state index contributed by atoms with van der Waals surface area (Å²) >= 11 is 3.94. The second-order valence-corrected chi connectivity index (χ2v) is 2.66. The van der Waals surface area contributed by atoms with Gasteiger partial charge >= 0.3 is 0 Å². The van der Waals surface area contributed by atoms with E-state index in [1.54, 1.807) is 19.2 Å². The van der Waals surface area contributed by atoms with Crippen molar-refractivity contribution >= 4 is 12.6 Å². The van der Waals surface area contributed by atoms with Crippen LogP contribution in [0.25, 0.3) is 0 Å². The Kier molecular flexibility index (Phi) is 3.53. The third kappa shape index (κ3) is 2.60. The lowest BCUT2D eigenvalue weighted by Gasteiger charge is -2.01. The van der Waals surface area contributed by atoms with Crippen molar-refractivity contribution in [1.29, 1.82) is 0 Å². The molecule has 2 nitrogen and oxygen atoms in total. The second-order valence-electron chi connectivity index (χ2n) is 2.34. The Morgan fingerprint density at radius 1 is 1.54 bits per heavy atom. The first kappa shape index (κ1) is 9.82. The van der Waals surface area contributed by atoms with Gasteiger partial charge in [-0.3, -0.25) is 0 Å². The van der Waals surface area contributed by atoms with Crippen molar-refractivity contribution in [2.45, 2.75) is 0 Å². The van der Waals surface area contributed by atoms with Gasteiger partial charge in [0.25, 0.3) is 0 Å². The summed E-state index contributed by atoms with van der Waals surface area (Å²) in [6.45, 7) is 0. The van der Waals surface area contributed by atoms with E-state index in [0.29, 0.717) is 17.1 Å². The molecule has 1 rings (SSSR count). The Morgan fingerprint density at radius 2 is 2.31 bits per heavy atom. The van der Waals surface area contributed by atoms with Gasteiger partial charge in [0.05, 0.1) is 18.4 Å². The van der Waals surface area contributed by atoms with Crippen LogP contribution in [0.5, 0.6) is 11.5 Å². The summed E-state index contributed by atoms with van der Waals surface area (Å²) in [5.41, 5.74) is 0.592. The van der Waals surface area contributed by atoms with Crippen molar-refractivity contribution in [3.05, 3.63) is 23.8 Å². The highest BCUT2D eigenvalue weighted by Crippen LogP contribution is 2.22. The monoisotopic (exact) mass is 194 g/mol. The fourth-order valence-electron chi connectivity index (χ4n) is 0.879. The fourth-order valence-corrected chi connectivity index (χ4v) is 0.958. The average molecular weight is 194 g/mol. The van der Waals surface area contributed by atoms with E-state index in [9.17, 15) is 5.11 Å². The third-order valence-electron chi connectivity index (χ3n) is 1.51. The zero-order chi connectivity index (χ0) is 9.68. The van der Waals surface area contributed by atoms with Gasteiger partial charge in [-0.1, -0.05) is 11.8 Å². The maximum atomic E-state index is 9.44. The summed E-state index contributed by atoms with van der Waals surface area (Å²) in [6.07, 6.45) is 0. The molecule has 0 aliphatic heterocycles. The van der Waals surface area contributed by atoms with E-state index in [-0.39, 0.29) is 5.75 Å². The number of hydrogen-bond donors (Lipinski definition) is 2. The van der Waals surface area contributed by atoms with Crippen LogP contribution in [0.4, 0.5) is 0 Å². The summed E-state index contributed by atoms with van der Waals surface area (Å²) < 4.78 is 4.93. The van der Waals surface area contributed by atoms with Crippen LogP contribution in [0, 0.1) is 11.8 Å². The molecule has 1 aromatic rings. The molecular formula is C10H10O2S. The Balaban J connectivity index is 2.98. The first-order valence-corrected chi connectivity index (χ1v) is 4.38.